The highest BCUT2D eigenvalue weighted by Gasteiger charge is 2.22. The van der Waals surface area contributed by atoms with Gasteiger partial charge in [0.15, 0.2) is 5.96 Å². The molecule has 0 amide bonds. The summed E-state index contributed by atoms with van der Waals surface area (Å²) in [6, 6.07) is 15.6. The van der Waals surface area contributed by atoms with Crippen molar-refractivity contribution in [2.75, 3.05) is 26.0 Å². The molecule has 0 bridgehead atoms. The normalized spacial score (nSPS) is 13.9. The van der Waals surface area contributed by atoms with Gasteiger partial charge in [0.05, 0.1) is 12.4 Å². The SMILES string of the molecule is CN=C(NCCS(=O)(=O)NCc1ccccc1)NCc1ccc(C)cc1OCC1CC1.I. The predicted octanol–water partition coefficient (Wildman–Crippen LogP) is 3.19. The number of ether oxygens (including phenoxy) is 1. The first-order valence-corrected chi connectivity index (χ1v) is 12.3. The summed E-state index contributed by atoms with van der Waals surface area (Å²) in [5, 5.41) is 6.30. The standard InChI is InChI=1S/C23H32N4O3S.HI/c1-18-8-11-21(22(14-18)30-17-20-9-10-20)16-26-23(24-2)25-12-13-31(28,29)27-15-19-6-4-3-5-7-19;/h3-8,11,14,20,27H,9-10,12-13,15-17H2,1-2H3,(H2,24,25,26);1H. The second-order valence-electron chi connectivity index (χ2n) is 7.84. The summed E-state index contributed by atoms with van der Waals surface area (Å²) in [6.07, 6.45) is 2.50. The highest BCUT2D eigenvalue weighted by atomic mass is 127. The molecule has 0 aliphatic heterocycles. The molecule has 0 atom stereocenters. The third-order valence-corrected chi connectivity index (χ3v) is 6.39. The van der Waals surface area contributed by atoms with E-state index in [-0.39, 0.29) is 42.8 Å². The Morgan fingerprint density at radius 1 is 1.09 bits per heavy atom. The summed E-state index contributed by atoms with van der Waals surface area (Å²) in [4.78, 5) is 4.19. The van der Waals surface area contributed by atoms with Crippen molar-refractivity contribution in [3.8, 4) is 5.75 Å². The van der Waals surface area contributed by atoms with Gasteiger partial charge in [-0.2, -0.15) is 0 Å². The van der Waals surface area contributed by atoms with E-state index in [1.54, 1.807) is 7.05 Å². The second-order valence-corrected chi connectivity index (χ2v) is 9.77. The van der Waals surface area contributed by atoms with Crippen molar-refractivity contribution in [1.82, 2.24) is 15.4 Å². The number of aliphatic imine (C=N–C) groups is 1. The molecular formula is C23H33IN4O3S. The molecular weight excluding hydrogens is 539 g/mol. The molecule has 2 aromatic rings. The van der Waals surface area contributed by atoms with Crippen LogP contribution >= 0.6 is 24.0 Å². The molecule has 0 spiro atoms. The van der Waals surface area contributed by atoms with Gasteiger partial charge in [-0.05, 0) is 42.9 Å². The van der Waals surface area contributed by atoms with Gasteiger partial charge in [0, 0.05) is 32.2 Å². The zero-order valence-corrected chi connectivity index (χ0v) is 21.8. The topological polar surface area (TPSA) is 91.8 Å². The maximum atomic E-state index is 12.2. The average molecular weight is 573 g/mol. The van der Waals surface area contributed by atoms with Crippen molar-refractivity contribution >= 4 is 40.0 Å². The van der Waals surface area contributed by atoms with Crippen molar-refractivity contribution in [3.05, 3.63) is 65.2 Å². The molecule has 0 heterocycles. The lowest BCUT2D eigenvalue weighted by Crippen LogP contribution is -2.40. The maximum absolute atomic E-state index is 12.2. The van der Waals surface area contributed by atoms with Crippen LogP contribution in [0.1, 0.15) is 29.5 Å². The quantitative estimate of drug-likeness (QED) is 0.219. The minimum Gasteiger partial charge on any atom is -0.493 e. The molecule has 1 aliphatic carbocycles. The Morgan fingerprint density at radius 3 is 2.53 bits per heavy atom. The van der Waals surface area contributed by atoms with Gasteiger partial charge in [-0.1, -0.05) is 42.5 Å². The van der Waals surface area contributed by atoms with Crippen LogP contribution in [0.15, 0.2) is 53.5 Å². The van der Waals surface area contributed by atoms with Gasteiger partial charge in [0.25, 0.3) is 0 Å². The van der Waals surface area contributed by atoms with Crippen LogP contribution in [0.25, 0.3) is 0 Å². The number of aryl methyl sites for hydroxylation is 1. The number of hydrogen-bond acceptors (Lipinski definition) is 4. The van der Waals surface area contributed by atoms with Crippen LogP contribution in [0.2, 0.25) is 0 Å². The van der Waals surface area contributed by atoms with Crippen LogP contribution in [0.3, 0.4) is 0 Å². The Labute approximate surface area is 208 Å². The minimum atomic E-state index is -3.39. The molecule has 0 saturated heterocycles. The predicted molar refractivity (Wildman–Crippen MR) is 140 cm³/mol. The minimum absolute atomic E-state index is 0. The van der Waals surface area contributed by atoms with E-state index in [4.69, 9.17) is 4.74 Å². The van der Waals surface area contributed by atoms with E-state index in [0.29, 0.717) is 18.4 Å². The fraction of sp³-hybridized carbons (Fsp3) is 0.435. The summed E-state index contributed by atoms with van der Waals surface area (Å²) in [5.74, 6) is 2.09. The lowest BCUT2D eigenvalue weighted by Gasteiger charge is -2.15. The third-order valence-electron chi connectivity index (χ3n) is 5.07. The van der Waals surface area contributed by atoms with E-state index in [9.17, 15) is 8.42 Å². The largest absolute Gasteiger partial charge is 0.493 e. The first kappa shape index (κ1) is 26.4. The number of sulfonamides is 1. The fourth-order valence-electron chi connectivity index (χ4n) is 3.00. The molecule has 3 N–H and O–H groups in total. The van der Waals surface area contributed by atoms with Crippen molar-refractivity contribution < 1.29 is 13.2 Å². The third kappa shape index (κ3) is 9.33. The first-order chi connectivity index (χ1) is 14.9. The maximum Gasteiger partial charge on any atom is 0.213 e. The number of nitrogens with zero attached hydrogens (tertiary/aromatic N) is 1. The lowest BCUT2D eigenvalue weighted by atomic mass is 10.1. The van der Waals surface area contributed by atoms with Crippen LogP contribution in [-0.2, 0) is 23.1 Å². The Morgan fingerprint density at radius 2 is 1.84 bits per heavy atom. The number of hydrogen-bond donors (Lipinski definition) is 3. The molecule has 3 rings (SSSR count). The Kier molecular flexibility index (Phi) is 10.7. The number of benzene rings is 2. The van der Waals surface area contributed by atoms with Gasteiger partial charge in [-0.3, -0.25) is 4.99 Å². The molecule has 9 heteroatoms. The average Bonchev–Trinajstić information content (AvgIpc) is 3.59. The molecule has 0 unspecified atom stereocenters. The molecule has 1 fully saturated rings. The summed E-state index contributed by atoms with van der Waals surface area (Å²) in [7, 11) is -1.72. The summed E-state index contributed by atoms with van der Waals surface area (Å²) < 4.78 is 33.1. The van der Waals surface area contributed by atoms with E-state index < -0.39 is 10.0 Å². The van der Waals surface area contributed by atoms with Gasteiger partial charge >= 0.3 is 0 Å². The molecule has 1 saturated carbocycles. The van der Waals surface area contributed by atoms with Gasteiger partial charge in [-0.15, -0.1) is 24.0 Å². The van der Waals surface area contributed by atoms with Crippen molar-refractivity contribution in [3.63, 3.8) is 0 Å². The molecule has 0 aromatic heterocycles. The van der Waals surface area contributed by atoms with Gasteiger partial charge in [0.2, 0.25) is 10.0 Å². The molecule has 2 aromatic carbocycles. The zero-order valence-electron chi connectivity index (χ0n) is 18.6. The molecule has 7 nitrogen and oxygen atoms in total. The lowest BCUT2D eigenvalue weighted by molar-refractivity contribution is 0.296. The van der Waals surface area contributed by atoms with E-state index >= 15 is 0 Å². The van der Waals surface area contributed by atoms with Crippen LogP contribution in [0.4, 0.5) is 0 Å². The smallest absolute Gasteiger partial charge is 0.213 e. The van der Waals surface area contributed by atoms with E-state index in [2.05, 4.69) is 38.5 Å². The van der Waals surface area contributed by atoms with Gasteiger partial charge in [-0.25, -0.2) is 13.1 Å². The van der Waals surface area contributed by atoms with Crippen LogP contribution in [0.5, 0.6) is 5.75 Å². The van der Waals surface area contributed by atoms with Gasteiger partial charge < -0.3 is 15.4 Å². The van der Waals surface area contributed by atoms with E-state index in [1.165, 1.54) is 12.8 Å². The van der Waals surface area contributed by atoms with Crippen molar-refractivity contribution in [2.24, 2.45) is 10.9 Å². The Bertz CT molecular complexity index is 980. The van der Waals surface area contributed by atoms with Crippen molar-refractivity contribution in [2.45, 2.75) is 32.9 Å². The molecule has 0 radical (unpaired) electrons. The number of halogens is 1. The Balaban J connectivity index is 0.00000363. The number of nitrogens with one attached hydrogen (secondary N) is 3. The van der Waals surface area contributed by atoms with Crippen LogP contribution < -0.4 is 20.1 Å². The summed E-state index contributed by atoms with van der Waals surface area (Å²) in [6.45, 7) is 3.89. The molecule has 32 heavy (non-hydrogen) atoms. The number of rotatable bonds is 11. The van der Waals surface area contributed by atoms with Crippen LogP contribution in [0, 0.1) is 12.8 Å². The van der Waals surface area contributed by atoms with E-state index in [1.807, 2.05) is 37.3 Å². The van der Waals surface area contributed by atoms with Gasteiger partial charge in [0.1, 0.15) is 5.75 Å². The monoisotopic (exact) mass is 572 g/mol. The van der Waals surface area contributed by atoms with Crippen LogP contribution in [-0.4, -0.2) is 40.3 Å². The first-order valence-electron chi connectivity index (χ1n) is 10.6. The fourth-order valence-corrected chi connectivity index (χ4v) is 3.90. The Hall–Kier alpha value is -1.85. The highest BCUT2D eigenvalue weighted by molar-refractivity contribution is 14.0. The number of guanidine groups is 1. The molecule has 176 valence electrons. The highest BCUT2D eigenvalue weighted by Crippen LogP contribution is 2.30. The summed E-state index contributed by atoms with van der Waals surface area (Å²) >= 11 is 0. The molecule has 1 aliphatic rings. The van der Waals surface area contributed by atoms with Crippen molar-refractivity contribution in [1.29, 1.82) is 0 Å². The van der Waals surface area contributed by atoms with E-state index in [0.717, 1.165) is 29.0 Å². The zero-order chi connectivity index (χ0) is 22.1. The second kappa shape index (κ2) is 13.0. The summed E-state index contributed by atoms with van der Waals surface area (Å²) in [5.41, 5.74) is 3.13.